The van der Waals surface area contributed by atoms with Gasteiger partial charge in [0.05, 0.1) is 23.6 Å². The van der Waals surface area contributed by atoms with Crippen LogP contribution < -0.4 is 0 Å². The van der Waals surface area contributed by atoms with Crippen molar-refractivity contribution in [2.45, 2.75) is 24.2 Å². The molecule has 1 aromatic heterocycles. The number of aliphatic carboxylic acids is 1. The summed E-state index contributed by atoms with van der Waals surface area (Å²) in [5.74, 6) is -2.69. The molecule has 3 rings (SSSR count). The molecule has 0 radical (unpaired) electrons. The Labute approximate surface area is 146 Å². The summed E-state index contributed by atoms with van der Waals surface area (Å²) < 4.78 is 1.23. The van der Waals surface area contributed by atoms with Gasteiger partial charge in [-0.3, -0.25) is 0 Å². The van der Waals surface area contributed by atoms with Gasteiger partial charge in [-0.1, -0.05) is 11.3 Å². The summed E-state index contributed by atoms with van der Waals surface area (Å²) in [7, 11) is 0. The molecule has 0 aliphatic heterocycles. The maximum atomic E-state index is 11.2. The number of aromatic nitrogens is 3. The molecule has 2 aromatic rings. The molecule has 0 unspecified atom stereocenters. The van der Waals surface area contributed by atoms with Crippen LogP contribution in [0.3, 0.4) is 0 Å². The number of aliphatic hydroxyl groups excluding tert-OH is 2. The van der Waals surface area contributed by atoms with E-state index in [1.165, 1.54) is 29.1 Å². The topological polar surface area (TPSA) is 166 Å². The molecule has 1 aliphatic carbocycles. The Hall–Kier alpha value is -3.08. The third-order valence-electron chi connectivity index (χ3n) is 4.11. The zero-order chi connectivity index (χ0) is 19.1. The van der Waals surface area contributed by atoms with Crippen LogP contribution in [0.5, 0.6) is 0 Å². The van der Waals surface area contributed by atoms with Gasteiger partial charge in [-0.05, 0) is 24.3 Å². The van der Waals surface area contributed by atoms with Gasteiger partial charge in [-0.15, -0.1) is 5.10 Å². The van der Waals surface area contributed by atoms with Crippen LogP contribution >= 0.6 is 0 Å². The number of carboxylic acids is 2. The van der Waals surface area contributed by atoms with E-state index in [9.17, 15) is 24.9 Å². The maximum Gasteiger partial charge on any atom is 0.339 e. The monoisotopic (exact) mass is 361 g/mol. The minimum Gasteiger partial charge on any atom is -0.479 e. The molecule has 10 nitrogen and oxygen atoms in total. The van der Waals surface area contributed by atoms with Crippen molar-refractivity contribution in [2.24, 2.45) is 0 Å². The van der Waals surface area contributed by atoms with Crippen molar-refractivity contribution in [2.75, 3.05) is 0 Å². The number of aliphatic hydroxyl groups is 3. The summed E-state index contributed by atoms with van der Waals surface area (Å²) in [5.41, 5.74) is -1.98. The molecule has 0 fully saturated rings. The molecule has 0 spiro atoms. The molecule has 10 heteroatoms. The lowest BCUT2D eigenvalue weighted by atomic mass is 9.82. The van der Waals surface area contributed by atoms with Crippen LogP contribution in [0.2, 0.25) is 0 Å². The van der Waals surface area contributed by atoms with Crippen LogP contribution in [0.4, 0.5) is 0 Å². The van der Waals surface area contributed by atoms with Crippen molar-refractivity contribution in [1.29, 1.82) is 0 Å². The van der Waals surface area contributed by atoms with Crippen molar-refractivity contribution in [3.63, 3.8) is 0 Å². The number of hydrogen-bond acceptors (Lipinski definition) is 7. The first kappa shape index (κ1) is 17.7. The van der Waals surface area contributed by atoms with Crippen molar-refractivity contribution in [1.82, 2.24) is 15.0 Å². The first-order valence-electron chi connectivity index (χ1n) is 7.52. The highest BCUT2D eigenvalue weighted by Gasteiger charge is 2.44. The predicted molar refractivity (Wildman–Crippen MR) is 85.5 cm³/mol. The van der Waals surface area contributed by atoms with Gasteiger partial charge in [-0.2, -0.15) is 0 Å². The fraction of sp³-hybridized carbons (Fsp3) is 0.250. The zero-order valence-electron chi connectivity index (χ0n) is 13.2. The number of carbonyl (C=O) groups is 2. The van der Waals surface area contributed by atoms with Gasteiger partial charge in [0, 0.05) is 12.0 Å². The standard InChI is InChI=1S/C16H15N3O7/c20-12-6-16(26,15(24)25)5-10(13(12)21)11-7-19(18-17-11)9-3-1-2-8(4-9)14(22)23/h1-5,7,12-13,20-21,26H,6H2,(H,22,23)(H,24,25)/t12-,13-,16+/m1/s1. The molecule has 3 atom stereocenters. The number of hydrogen-bond donors (Lipinski definition) is 5. The summed E-state index contributed by atoms with van der Waals surface area (Å²) in [4.78, 5) is 22.3. The number of nitrogens with zero attached hydrogens (tertiary/aromatic N) is 3. The highest BCUT2D eigenvalue weighted by atomic mass is 16.4. The summed E-state index contributed by atoms with van der Waals surface area (Å²) in [6, 6.07) is 5.86. The Balaban J connectivity index is 2.01. The lowest BCUT2D eigenvalue weighted by molar-refractivity contribution is -0.157. The first-order chi connectivity index (χ1) is 12.2. The fourth-order valence-corrected chi connectivity index (χ4v) is 2.72. The molecule has 1 heterocycles. The molecule has 5 N–H and O–H groups in total. The number of carboxylic acid groups (broad SMARTS) is 2. The van der Waals surface area contributed by atoms with Crippen LogP contribution in [-0.2, 0) is 4.79 Å². The molecular formula is C16H15N3O7. The van der Waals surface area contributed by atoms with Gasteiger partial charge in [-0.25, -0.2) is 14.3 Å². The summed E-state index contributed by atoms with van der Waals surface area (Å²) >= 11 is 0. The van der Waals surface area contributed by atoms with E-state index in [0.29, 0.717) is 5.69 Å². The van der Waals surface area contributed by atoms with Crippen molar-refractivity contribution < 1.29 is 35.1 Å². The van der Waals surface area contributed by atoms with Crippen LogP contribution in [0, 0.1) is 0 Å². The molecule has 1 aliphatic rings. The second-order valence-corrected chi connectivity index (χ2v) is 5.95. The van der Waals surface area contributed by atoms with E-state index in [1.807, 2.05) is 0 Å². The SMILES string of the molecule is O=C(O)c1cccc(-n2cc(C3=C[C@@](O)(C(=O)O)C[C@@H](O)[C@@H]3O)nn2)c1. The van der Waals surface area contributed by atoms with E-state index in [0.717, 1.165) is 6.08 Å². The van der Waals surface area contributed by atoms with Crippen LogP contribution in [0.25, 0.3) is 11.3 Å². The Kier molecular flexibility index (Phi) is 4.32. The van der Waals surface area contributed by atoms with Crippen LogP contribution in [0.1, 0.15) is 22.5 Å². The van der Waals surface area contributed by atoms with Gasteiger partial charge in [0.1, 0.15) is 11.8 Å². The average Bonchev–Trinajstić information content (AvgIpc) is 3.08. The quantitative estimate of drug-likeness (QED) is 0.473. The lowest BCUT2D eigenvalue weighted by Crippen LogP contribution is -2.47. The van der Waals surface area contributed by atoms with Crippen molar-refractivity contribution >= 4 is 17.5 Å². The Morgan fingerprint density at radius 1 is 1.23 bits per heavy atom. The highest BCUT2D eigenvalue weighted by Crippen LogP contribution is 2.32. The van der Waals surface area contributed by atoms with E-state index in [2.05, 4.69) is 10.3 Å². The van der Waals surface area contributed by atoms with Gasteiger partial charge in [0.2, 0.25) is 0 Å². The minimum absolute atomic E-state index is 0.0344. The van der Waals surface area contributed by atoms with Crippen LogP contribution in [0.15, 0.2) is 36.5 Å². The smallest absolute Gasteiger partial charge is 0.339 e. The maximum absolute atomic E-state index is 11.2. The Bertz CT molecular complexity index is 907. The summed E-state index contributed by atoms with van der Waals surface area (Å²) in [6.07, 6.45) is -1.27. The van der Waals surface area contributed by atoms with E-state index >= 15 is 0 Å². The molecule has 26 heavy (non-hydrogen) atoms. The van der Waals surface area contributed by atoms with E-state index < -0.39 is 36.2 Å². The molecule has 0 saturated heterocycles. The van der Waals surface area contributed by atoms with Gasteiger partial charge >= 0.3 is 11.9 Å². The molecule has 0 bridgehead atoms. The van der Waals surface area contributed by atoms with E-state index in [1.54, 1.807) is 6.07 Å². The zero-order valence-corrected chi connectivity index (χ0v) is 13.2. The molecule has 0 saturated carbocycles. The molecular weight excluding hydrogens is 346 g/mol. The van der Waals surface area contributed by atoms with Crippen molar-refractivity contribution in [3.05, 3.63) is 47.8 Å². The second kappa shape index (κ2) is 6.33. The van der Waals surface area contributed by atoms with Gasteiger partial charge in [0.15, 0.2) is 5.60 Å². The predicted octanol–water partition coefficient (Wildman–Crippen LogP) is -0.710. The normalized spacial score (nSPS) is 25.6. The average molecular weight is 361 g/mol. The third-order valence-corrected chi connectivity index (χ3v) is 4.11. The van der Waals surface area contributed by atoms with E-state index in [4.69, 9.17) is 10.2 Å². The number of aromatic carboxylic acids is 1. The summed E-state index contributed by atoms with van der Waals surface area (Å²) in [5, 5.41) is 56.0. The first-order valence-corrected chi connectivity index (χ1v) is 7.52. The molecule has 1 aromatic carbocycles. The third kappa shape index (κ3) is 3.08. The fourth-order valence-electron chi connectivity index (χ4n) is 2.72. The Morgan fingerprint density at radius 2 is 1.96 bits per heavy atom. The largest absolute Gasteiger partial charge is 0.479 e. The van der Waals surface area contributed by atoms with Crippen molar-refractivity contribution in [3.8, 4) is 5.69 Å². The second-order valence-electron chi connectivity index (χ2n) is 5.95. The molecule has 136 valence electrons. The van der Waals surface area contributed by atoms with E-state index in [-0.39, 0.29) is 16.8 Å². The lowest BCUT2D eigenvalue weighted by Gasteiger charge is -2.32. The highest BCUT2D eigenvalue weighted by molar-refractivity contribution is 5.88. The number of rotatable bonds is 4. The van der Waals surface area contributed by atoms with Gasteiger partial charge in [0.25, 0.3) is 0 Å². The van der Waals surface area contributed by atoms with Crippen LogP contribution in [-0.4, -0.2) is 70.3 Å². The Morgan fingerprint density at radius 3 is 2.62 bits per heavy atom. The number of benzene rings is 1. The summed E-state index contributed by atoms with van der Waals surface area (Å²) in [6.45, 7) is 0. The molecule has 0 amide bonds. The minimum atomic E-state index is -2.35. The van der Waals surface area contributed by atoms with Gasteiger partial charge < -0.3 is 25.5 Å².